The first-order valence-corrected chi connectivity index (χ1v) is 11.1. The third-order valence-electron chi connectivity index (χ3n) is 7.21. The average Bonchev–Trinajstić information content (AvgIpc) is 3.02. The van der Waals surface area contributed by atoms with E-state index in [9.17, 15) is 0 Å². The van der Waals surface area contributed by atoms with Crippen molar-refractivity contribution in [1.82, 2.24) is 14.7 Å². The van der Waals surface area contributed by atoms with Crippen molar-refractivity contribution in [1.29, 1.82) is 0 Å². The largest absolute Gasteiger partial charge is 0.380 e. The number of benzene rings is 1. The zero-order valence-corrected chi connectivity index (χ0v) is 17.5. The van der Waals surface area contributed by atoms with E-state index in [1.807, 2.05) is 0 Å². The lowest BCUT2D eigenvalue weighted by Crippen LogP contribution is -2.36. The van der Waals surface area contributed by atoms with Gasteiger partial charge in [0.1, 0.15) is 0 Å². The van der Waals surface area contributed by atoms with Gasteiger partial charge in [0.2, 0.25) is 0 Å². The lowest BCUT2D eigenvalue weighted by Gasteiger charge is -2.28. The summed E-state index contributed by atoms with van der Waals surface area (Å²) in [4.78, 5) is 2.70. The van der Waals surface area contributed by atoms with E-state index >= 15 is 0 Å². The molecular weight excluding hydrogens is 346 g/mol. The van der Waals surface area contributed by atoms with E-state index in [4.69, 9.17) is 9.84 Å². The molecule has 3 fully saturated rings. The van der Waals surface area contributed by atoms with E-state index in [1.54, 1.807) is 0 Å². The number of aryl methyl sites for hydroxylation is 1. The van der Waals surface area contributed by atoms with Crippen molar-refractivity contribution in [2.75, 3.05) is 26.3 Å². The van der Waals surface area contributed by atoms with Crippen LogP contribution in [0.4, 0.5) is 0 Å². The first kappa shape index (κ1) is 18.4. The minimum absolute atomic E-state index is 0.410. The molecule has 4 heteroatoms. The van der Waals surface area contributed by atoms with Gasteiger partial charge in [-0.15, -0.1) is 0 Å². The summed E-state index contributed by atoms with van der Waals surface area (Å²) in [5.41, 5.74) is 5.20. The molecule has 5 rings (SSSR count). The lowest BCUT2D eigenvalue weighted by atomic mass is 10.0. The highest BCUT2D eigenvalue weighted by Gasteiger charge is 2.58. The Labute approximate surface area is 168 Å². The molecule has 0 radical (unpaired) electrons. The van der Waals surface area contributed by atoms with Crippen LogP contribution in [0.25, 0.3) is 11.3 Å². The summed E-state index contributed by atoms with van der Waals surface area (Å²) in [6.07, 6.45) is 3.91. The molecule has 4 atom stereocenters. The van der Waals surface area contributed by atoms with Gasteiger partial charge in [-0.25, -0.2) is 0 Å². The van der Waals surface area contributed by atoms with Crippen LogP contribution in [0.3, 0.4) is 0 Å². The van der Waals surface area contributed by atoms with Gasteiger partial charge in [-0.2, -0.15) is 5.10 Å². The summed E-state index contributed by atoms with van der Waals surface area (Å²) < 4.78 is 7.96. The van der Waals surface area contributed by atoms with Crippen molar-refractivity contribution >= 4 is 0 Å². The second-order valence-corrected chi connectivity index (χ2v) is 9.29. The molecule has 0 spiro atoms. The van der Waals surface area contributed by atoms with Gasteiger partial charge in [-0.3, -0.25) is 9.58 Å². The van der Waals surface area contributed by atoms with Crippen molar-refractivity contribution in [2.24, 2.45) is 11.8 Å². The third-order valence-corrected chi connectivity index (χ3v) is 7.21. The number of hydrogen-bond donors (Lipinski definition) is 0. The maximum atomic E-state index is 5.66. The average molecular weight is 380 g/mol. The molecule has 0 amide bonds. The van der Waals surface area contributed by atoms with E-state index in [0.29, 0.717) is 12.0 Å². The number of hydrogen-bond acceptors (Lipinski definition) is 3. The van der Waals surface area contributed by atoms with Gasteiger partial charge in [-0.05, 0) is 63.5 Å². The van der Waals surface area contributed by atoms with E-state index < -0.39 is 0 Å². The first-order chi connectivity index (χ1) is 13.6. The number of nitrogens with zero attached hydrogens (tertiary/aromatic N) is 3. The molecule has 0 N–H and O–H groups in total. The highest BCUT2D eigenvalue weighted by molar-refractivity contribution is 5.64. The summed E-state index contributed by atoms with van der Waals surface area (Å²) in [6.45, 7) is 10.9. The molecule has 2 unspecified atom stereocenters. The van der Waals surface area contributed by atoms with E-state index in [2.05, 4.69) is 60.7 Å². The Morgan fingerprint density at radius 1 is 1.07 bits per heavy atom. The molecule has 1 aromatic carbocycles. The molecule has 1 aliphatic heterocycles. The van der Waals surface area contributed by atoms with Crippen LogP contribution in [0.5, 0.6) is 0 Å². The van der Waals surface area contributed by atoms with E-state index in [0.717, 1.165) is 43.3 Å². The summed E-state index contributed by atoms with van der Waals surface area (Å²) in [7, 11) is 0. The van der Waals surface area contributed by atoms with Crippen LogP contribution >= 0.6 is 0 Å². The van der Waals surface area contributed by atoms with Crippen molar-refractivity contribution in [3.05, 3.63) is 41.6 Å². The van der Waals surface area contributed by atoms with Crippen molar-refractivity contribution in [2.45, 2.75) is 58.0 Å². The Balaban J connectivity index is 1.35. The van der Waals surface area contributed by atoms with Crippen LogP contribution in [0, 0.1) is 18.8 Å². The van der Waals surface area contributed by atoms with Crippen LogP contribution in [-0.2, 0) is 4.74 Å². The quantitative estimate of drug-likeness (QED) is 0.774. The van der Waals surface area contributed by atoms with Crippen molar-refractivity contribution < 1.29 is 4.74 Å². The smallest absolute Gasteiger partial charge is 0.0928 e. The molecule has 28 heavy (non-hydrogen) atoms. The molecule has 2 heterocycles. The third kappa shape index (κ3) is 3.21. The molecule has 1 saturated heterocycles. The highest BCUT2D eigenvalue weighted by Crippen LogP contribution is 2.64. The van der Waals surface area contributed by atoms with Gasteiger partial charge < -0.3 is 4.74 Å². The van der Waals surface area contributed by atoms with Crippen LogP contribution in [-0.4, -0.2) is 47.0 Å². The Bertz CT molecular complexity index is 822. The van der Waals surface area contributed by atoms with Crippen LogP contribution in [0.15, 0.2) is 30.3 Å². The van der Waals surface area contributed by atoms with Crippen molar-refractivity contribution in [3.63, 3.8) is 0 Å². The van der Waals surface area contributed by atoms with Crippen LogP contribution < -0.4 is 0 Å². The Morgan fingerprint density at radius 3 is 2.61 bits per heavy atom. The molecule has 4 nitrogen and oxygen atoms in total. The van der Waals surface area contributed by atoms with Crippen LogP contribution in [0.1, 0.15) is 56.3 Å². The summed E-state index contributed by atoms with van der Waals surface area (Å²) >= 11 is 0. The molecule has 2 aromatic rings. The van der Waals surface area contributed by atoms with Gasteiger partial charge in [0.15, 0.2) is 0 Å². The molecule has 150 valence electrons. The van der Waals surface area contributed by atoms with E-state index in [1.165, 1.54) is 42.6 Å². The summed E-state index contributed by atoms with van der Waals surface area (Å²) in [5.74, 6) is 2.42. The molecule has 2 saturated carbocycles. The van der Waals surface area contributed by atoms with Crippen molar-refractivity contribution in [3.8, 4) is 11.3 Å². The SMILES string of the molecule is Cc1ccccc1-c1cc(C2[C@H]3CC(N4CCCOCC4)C[C@@H]23)n(C(C)C)n1. The predicted octanol–water partition coefficient (Wildman–Crippen LogP) is 4.65. The zero-order chi connectivity index (χ0) is 19.3. The Morgan fingerprint density at radius 2 is 1.86 bits per heavy atom. The molecular formula is C24H33N3O. The second-order valence-electron chi connectivity index (χ2n) is 9.29. The summed E-state index contributed by atoms with van der Waals surface area (Å²) in [6, 6.07) is 12.2. The number of aromatic nitrogens is 2. The fraction of sp³-hybridized carbons (Fsp3) is 0.625. The predicted molar refractivity (Wildman–Crippen MR) is 113 cm³/mol. The fourth-order valence-corrected chi connectivity index (χ4v) is 5.74. The van der Waals surface area contributed by atoms with Gasteiger partial charge in [0, 0.05) is 49.0 Å². The maximum Gasteiger partial charge on any atom is 0.0928 e. The van der Waals surface area contributed by atoms with Gasteiger partial charge >= 0.3 is 0 Å². The number of rotatable bonds is 4. The molecule has 2 aliphatic carbocycles. The molecule has 1 aromatic heterocycles. The van der Waals surface area contributed by atoms with Crippen LogP contribution in [0.2, 0.25) is 0 Å². The summed E-state index contributed by atoms with van der Waals surface area (Å²) in [5, 5.41) is 5.04. The monoisotopic (exact) mass is 379 g/mol. The standard InChI is InChI=1S/C24H33N3O/c1-16(2)27-23(15-22(25-27)19-8-5-4-7-17(19)3)24-20-13-18(14-21(20)24)26-9-6-11-28-12-10-26/h4-5,7-8,15-16,18,20-21,24H,6,9-14H2,1-3H3/t18?,20-,21+,24?. The van der Waals surface area contributed by atoms with Gasteiger partial charge in [0.05, 0.1) is 12.3 Å². The molecule has 0 bridgehead atoms. The highest BCUT2D eigenvalue weighted by atomic mass is 16.5. The Hall–Kier alpha value is -1.65. The first-order valence-electron chi connectivity index (χ1n) is 11.1. The van der Waals surface area contributed by atoms with Gasteiger partial charge in [-0.1, -0.05) is 24.3 Å². The number of fused-ring (bicyclic) bond motifs is 1. The van der Waals surface area contributed by atoms with E-state index in [-0.39, 0.29) is 0 Å². The number of ether oxygens (including phenoxy) is 1. The Kier molecular flexibility index (Phi) is 4.80. The topological polar surface area (TPSA) is 30.3 Å². The maximum absolute atomic E-state index is 5.66. The normalized spacial score (nSPS) is 30.4. The van der Waals surface area contributed by atoms with Gasteiger partial charge in [0.25, 0.3) is 0 Å². The lowest BCUT2D eigenvalue weighted by molar-refractivity contribution is 0.129. The second kappa shape index (κ2) is 7.31. The fourth-order valence-electron chi connectivity index (χ4n) is 5.74. The minimum atomic E-state index is 0.410. The molecule has 3 aliphatic rings. The minimum Gasteiger partial charge on any atom is -0.380 e. The zero-order valence-electron chi connectivity index (χ0n) is 17.5.